The van der Waals surface area contributed by atoms with Crippen LogP contribution in [-0.4, -0.2) is 21.9 Å². The van der Waals surface area contributed by atoms with Crippen LogP contribution in [0.15, 0.2) is 29.5 Å². The Morgan fingerprint density at radius 3 is 3.00 bits per heavy atom. The fraction of sp³-hybridized carbons (Fsp3) is 0.250. The largest absolute Gasteiger partial charge is 0.369 e. The van der Waals surface area contributed by atoms with Gasteiger partial charge in [-0.15, -0.1) is 0 Å². The van der Waals surface area contributed by atoms with Crippen LogP contribution in [0.3, 0.4) is 0 Å². The fourth-order valence-electron chi connectivity index (χ4n) is 2.98. The van der Waals surface area contributed by atoms with Crippen LogP contribution in [0.4, 0.5) is 4.39 Å². The zero-order chi connectivity index (χ0) is 17.3. The average Bonchev–Trinajstić information content (AvgIpc) is 2.54. The summed E-state index contributed by atoms with van der Waals surface area (Å²) in [4.78, 5) is 0. The number of hydrogen-bond donors (Lipinski definition) is 3. The quantitative estimate of drug-likeness (QED) is 0.442. The van der Waals surface area contributed by atoms with E-state index in [-0.39, 0.29) is 17.7 Å². The van der Waals surface area contributed by atoms with Crippen molar-refractivity contribution in [1.29, 1.82) is 5.41 Å². The summed E-state index contributed by atoms with van der Waals surface area (Å²) in [6, 6.07) is 4.51. The van der Waals surface area contributed by atoms with E-state index in [2.05, 4.69) is 20.7 Å². The van der Waals surface area contributed by atoms with Gasteiger partial charge in [0.25, 0.3) is 0 Å². The Bertz CT molecular complexity index is 835. The number of benzene rings is 1. The van der Waals surface area contributed by atoms with Crippen molar-refractivity contribution >= 4 is 23.3 Å². The molecule has 2 aromatic rings. The standard InChI is InChI=1S/C16H16ClFN6/c1-8-7-21-22-13-4-9(11-6-10(17)2-3-12(11)18)5-14(15(8)13)23-24-16(19)20/h2-3,6-7,9H,4-5H2,1H3,(H4,19,20,24)/b23-14+. The number of hydrogen-bond acceptors (Lipinski definition) is 4. The molecular formula is C16H16ClFN6. The summed E-state index contributed by atoms with van der Waals surface area (Å²) in [6.07, 6.45) is 2.68. The molecule has 0 fully saturated rings. The second kappa shape index (κ2) is 6.52. The van der Waals surface area contributed by atoms with Gasteiger partial charge in [0.2, 0.25) is 5.96 Å². The third-order valence-corrected chi connectivity index (χ3v) is 4.23. The van der Waals surface area contributed by atoms with Crippen molar-refractivity contribution in [2.45, 2.75) is 25.7 Å². The summed E-state index contributed by atoms with van der Waals surface area (Å²) in [5.41, 5.74) is 11.5. The molecule has 1 unspecified atom stereocenters. The van der Waals surface area contributed by atoms with Gasteiger partial charge in [0, 0.05) is 10.6 Å². The second-order valence-corrected chi connectivity index (χ2v) is 6.14. The maximum atomic E-state index is 14.2. The van der Waals surface area contributed by atoms with Crippen molar-refractivity contribution in [2.24, 2.45) is 10.8 Å². The van der Waals surface area contributed by atoms with Crippen LogP contribution < -0.4 is 11.2 Å². The average molecular weight is 347 g/mol. The van der Waals surface area contributed by atoms with E-state index in [4.69, 9.17) is 22.7 Å². The molecule has 1 heterocycles. The molecule has 3 rings (SSSR count). The smallest absolute Gasteiger partial charge is 0.206 e. The van der Waals surface area contributed by atoms with Crippen molar-refractivity contribution in [3.05, 3.63) is 57.6 Å². The lowest BCUT2D eigenvalue weighted by atomic mass is 9.80. The van der Waals surface area contributed by atoms with Gasteiger partial charge in [-0.1, -0.05) is 11.6 Å². The molecule has 1 aromatic carbocycles. The predicted molar refractivity (Wildman–Crippen MR) is 90.8 cm³/mol. The lowest BCUT2D eigenvalue weighted by Gasteiger charge is -2.26. The van der Waals surface area contributed by atoms with Crippen LogP contribution in [0.25, 0.3) is 0 Å². The highest BCUT2D eigenvalue weighted by Crippen LogP contribution is 2.35. The Balaban J connectivity index is 2.06. The SMILES string of the molecule is Cc1cnnc2c1/C(=N/NC(=N)N)CC(c1cc(Cl)ccc1F)C2. The number of aryl methyl sites for hydroxylation is 1. The number of halogens is 2. The number of nitrogens with two attached hydrogens (primary N) is 1. The summed E-state index contributed by atoms with van der Waals surface area (Å²) in [5, 5.41) is 20.1. The molecule has 6 nitrogen and oxygen atoms in total. The first-order valence-corrected chi connectivity index (χ1v) is 7.76. The van der Waals surface area contributed by atoms with Gasteiger partial charge in [-0.2, -0.15) is 15.3 Å². The summed E-state index contributed by atoms with van der Waals surface area (Å²) >= 11 is 6.02. The van der Waals surface area contributed by atoms with E-state index in [9.17, 15) is 4.39 Å². The van der Waals surface area contributed by atoms with E-state index >= 15 is 0 Å². The number of fused-ring (bicyclic) bond motifs is 1. The topological polar surface area (TPSA) is 100 Å². The van der Waals surface area contributed by atoms with Crippen molar-refractivity contribution < 1.29 is 4.39 Å². The number of nitrogens with zero attached hydrogens (tertiary/aromatic N) is 3. The molecule has 124 valence electrons. The Hall–Kier alpha value is -2.54. The minimum absolute atomic E-state index is 0.167. The van der Waals surface area contributed by atoms with Crippen LogP contribution in [-0.2, 0) is 6.42 Å². The van der Waals surface area contributed by atoms with Gasteiger partial charge in [0.1, 0.15) is 5.82 Å². The van der Waals surface area contributed by atoms with E-state index in [1.165, 1.54) is 12.1 Å². The predicted octanol–water partition coefficient (Wildman–Crippen LogP) is 2.49. The third-order valence-electron chi connectivity index (χ3n) is 3.99. The number of guanidine groups is 1. The van der Waals surface area contributed by atoms with Gasteiger partial charge < -0.3 is 5.73 Å². The molecule has 0 saturated heterocycles. The molecule has 0 saturated carbocycles. The van der Waals surface area contributed by atoms with Crippen LogP contribution in [0, 0.1) is 18.2 Å². The Kier molecular flexibility index (Phi) is 4.44. The molecule has 0 bridgehead atoms. The van der Waals surface area contributed by atoms with Gasteiger partial charge in [0.15, 0.2) is 0 Å². The number of rotatable bonds is 2. The number of hydrazone groups is 1. The molecule has 0 radical (unpaired) electrons. The maximum absolute atomic E-state index is 14.2. The highest BCUT2D eigenvalue weighted by molar-refractivity contribution is 6.30. The highest BCUT2D eigenvalue weighted by Gasteiger charge is 2.29. The first-order valence-electron chi connectivity index (χ1n) is 7.38. The van der Waals surface area contributed by atoms with E-state index in [0.717, 1.165) is 16.8 Å². The Labute approximate surface area is 143 Å². The van der Waals surface area contributed by atoms with Crippen molar-refractivity contribution in [2.75, 3.05) is 0 Å². The van der Waals surface area contributed by atoms with Gasteiger partial charge in [-0.05, 0) is 55.0 Å². The maximum Gasteiger partial charge on any atom is 0.206 e. The molecule has 8 heteroatoms. The molecule has 1 aliphatic carbocycles. The molecule has 0 aliphatic heterocycles. The summed E-state index contributed by atoms with van der Waals surface area (Å²) in [7, 11) is 0. The molecule has 1 aromatic heterocycles. The number of aromatic nitrogens is 2. The molecule has 24 heavy (non-hydrogen) atoms. The summed E-state index contributed by atoms with van der Waals surface area (Å²) in [6.45, 7) is 1.91. The van der Waals surface area contributed by atoms with E-state index in [0.29, 0.717) is 29.1 Å². The zero-order valence-electron chi connectivity index (χ0n) is 13.0. The van der Waals surface area contributed by atoms with Gasteiger partial charge in [0.05, 0.1) is 17.6 Å². The van der Waals surface area contributed by atoms with Crippen LogP contribution in [0.1, 0.15) is 34.7 Å². The first kappa shape index (κ1) is 16.3. The minimum atomic E-state index is -0.313. The van der Waals surface area contributed by atoms with Crippen molar-refractivity contribution in [3.8, 4) is 0 Å². The van der Waals surface area contributed by atoms with E-state index < -0.39 is 0 Å². The molecule has 1 aliphatic rings. The van der Waals surface area contributed by atoms with Gasteiger partial charge >= 0.3 is 0 Å². The Morgan fingerprint density at radius 2 is 2.25 bits per heavy atom. The number of nitrogens with one attached hydrogen (secondary N) is 2. The molecular weight excluding hydrogens is 331 g/mol. The molecule has 4 N–H and O–H groups in total. The summed E-state index contributed by atoms with van der Waals surface area (Å²) < 4.78 is 14.2. The van der Waals surface area contributed by atoms with Gasteiger partial charge in [-0.3, -0.25) is 5.41 Å². The minimum Gasteiger partial charge on any atom is -0.369 e. The molecule has 1 atom stereocenters. The van der Waals surface area contributed by atoms with Crippen molar-refractivity contribution in [1.82, 2.24) is 15.6 Å². The lowest BCUT2D eigenvalue weighted by Crippen LogP contribution is -2.30. The monoisotopic (exact) mass is 346 g/mol. The molecule has 0 amide bonds. The van der Waals surface area contributed by atoms with E-state index in [1.807, 2.05) is 6.92 Å². The van der Waals surface area contributed by atoms with Crippen LogP contribution >= 0.6 is 11.6 Å². The zero-order valence-corrected chi connectivity index (χ0v) is 13.7. The normalized spacial score (nSPS) is 18.3. The van der Waals surface area contributed by atoms with Gasteiger partial charge in [-0.25, -0.2) is 9.82 Å². The molecule has 0 spiro atoms. The van der Waals surface area contributed by atoms with Crippen molar-refractivity contribution in [3.63, 3.8) is 0 Å². The third kappa shape index (κ3) is 3.21. The highest BCUT2D eigenvalue weighted by atomic mass is 35.5. The summed E-state index contributed by atoms with van der Waals surface area (Å²) in [5.74, 6) is -0.744. The van der Waals surface area contributed by atoms with E-state index in [1.54, 1.807) is 12.3 Å². The lowest BCUT2D eigenvalue weighted by molar-refractivity contribution is 0.569. The first-order chi connectivity index (χ1) is 11.5. The van der Waals surface area contributed by atoms with Crippen LogP contribution in [0.5, 0.6) is 0 Å². The second-order valence-electron chi connectivity index (χ2n) is 5.70. The Morgan fingerprint density at radius 1 is 1.46 bits per heavy atom. The van der Waals surface area contributed by atoms with Crippen LogP contribution in [0.2, 0.25) is 5.02 Å². The fourth-order valence-corrected chi connectivity index (χ4v) is 3.16.